The number of nitrogens with zero attached hydrogens (tertiary/aromatic N) is 1. The molecule has 2 rings (SSSR count). The van der Waals surface area contributed by atoms with Crippen LogP contribution in [-0.2, 0) is 21.1 Å². The van der Waals surface area contributed by atoms with Gasteiger partial charge in [-0.3, -0.25) is 4.79 Å². The number of hydrogen-bond acceptors (Lipinski definition) is 5. The fourth-order valence-corrected chi connectivity index (χ4v) is 4.79. The van der Waals surface area contributed by atoms with Gasteiger partial charge < -0.3 is 9.64 Å². The first-order chi connectivity index (χ1) is 11.3. The quantitative estimate of drug-likeness (QED) is 0.674. The van der Waals surface area contributed by atoms with Crippen LogP contribution in [0.15, 0.2) is 45.1 Å². The molecule has 2 aromatic rings. The molecule has 1 heterocycles. The largest absolute Gasteiger partial charge is 0.384 e. The highest BCUT2D eigenvalue weighted by atomic mass is 79.9. The maximum Gasteiger partial charge on any atom is 0.253 e. The van der Waals surface area contributed by atoms with Gasteiger partial charge in [-0.15, -0.1) is 11.3 Å². The molecule has 130 valence electrons. The predicted octanol–water partition coefficient (Wildman–Crippen LogP) is 3.20. The van der Waals surface area contributed by atoms with Crippen molar-refractivity contribution in [3.8, 4) is 0 Å². The molecular formula is C16H18BrNO4S2. The third kappa shape index (κ3) is 4.89. The van der Waals surface area contributed by atoms with Crippen LogP contribution in [0.2, 0.25) is 0 Å². The van der Waals surface area contributed by atoms with Crippen molar-refractivity contribution in [3.05, 3.63) is 50.6 Å². The fraction of sp³-hybridized carbons (Fsp3) is 0.312. The molecule has 0 unspecified atom stereocenters. The molecular weight excluding hydrogens is 414 g/mol. The van der Waals surface area contributed by atoms with Crippen LogP contribution in [0.25, 0.3) is 0 Å². The summed E-state index contributed by atoms with van der Waals surface area (Å²) in [7, 11) is -0.205. The Morgan fingerprint density at radius 1 is 1.21 bits per heavy atom. The minimum absolute atomic E-state index is 0.0794. The Morgan fingerprint density at radius 3 is 2.42 bits per heavy atom. The van der Waals surface area contributed by atoms with E-state index in [0.29, 0.717) is 12.1 Å². The SMILES string of the molecule is COCCS(=O)(=O)c1ccc(C(=O)N(C)Cc2ccc(Br)s2)cc1. The first-order valence-electron chi connectivity index (χ1n) is 7.15. The molecule has 8 heteroatoms. The number of benzene rings is 1. The van der Waals surface area contributed by atoms with Crippen molar-refractivity contribution in [2.24, 2.45) is 0 Å². The second kappa shape index (κ2) is 8.24. The van der Waals surface area contributed by atoms with Crippen molar-refractivity contribution in [1.29, 1.82) is 0 Å². The Bertz CT molecular complexity index is 800. The van der Waals surface area contributed by atoms with Crippen molar-refractivity contribution in [1.82, 2.24) is 4.90 Å². The van der Waals surface area contributed by atoms with Crippen molar-refractivity contribution in [2.45, 2.75) is 11.4 Å². The smallest absolute Gasteiger partial charge is 0.253 e. The molecule has 0 aliphatic carbocycles. The number of halogens is 1. The summed E-state index contributed by atoms with van der Waals surface area (Å²) in [4.78, 5) is 15.3. The van der Waals surface area contributed by atoms with E-state index in [-0.39, 0.29) is 23.2 Å². The Morgan fingerprint density at radius 2 is 1.88 bits per heavy atom. The van der Waals surface area contributed by atoms with Gasteiger partial charge in [0.05, 0.1) is 27.6 Å². The van der Waals surface area contributed by atoms with Crippen LogP contribution in [0.4, 0.5) is 0 Å². The van der Waals surface area contributed by atoms with Gasteiger partial charge in [0.25, 0.3) is 5.91 Å². The summed E-state index contributed by atoms with van der Waals surface area (Å²) >= 11 is 4.97. The molecule has 0 atom stereocenters. The summed E-state index contributed by atoms with van der Waals surface area (Å²) in [5.74, 6) is -0.232. The number of ether oxygens (including phenoxy) is 1. The fourth-order valence-electron chi connectivity index (χ4n) is 2.08. The maximum atomic E-state index is 12.4. The lowest BCUT2D eigenvalue weighted by Gasteiger charge is -2.16. The lowest BCUT2D eigenvalue weighted by Crippen LogP contribution is -2.25. The molecule has 1 aromatic heterocycles. The molecule has 5 nitrogen and oxygen atoms in total. The molecule has 1 amide bonds. The summed E-state index contributed by atoms with van der Waals surface area (Å²) in [5.41, 5.74) is 0.457. The number of methoxy groups -OCH3 is 1. The van der Waals surface area contributed by atoms with Crippen LogP contribution >= 0.6 is 27.3 Å². The molecule has 0 aliphatic heterocycles. The minimum Gasteiger partial charge on any atom is -0.384 e. The standard InChI is InChI=1S/C16H18BrNO4S2/c1-18(11-13-5-8-15(17)23-13)16(19)12-3-6-14(7-4-12)24(20,21)10-9-22-2/h3-8H,9-11H2,1-2H3. The number of carbonyl (C=O) groups excluding carboxylic acids is 1. The molecule has 0 aliphatic rings. The molecule has 0 saturated carbocycles. The van der Waals surface area contributed by atoms with Gasteiger partial charge in [-0.25, -0.2) is 8.42 Å². The van der Waals surface area contributed by atoms with Crippen LogP contribution in [-0.4, -0.2) is 45.7 Å². The van der Waals surface area contributed by atoms with Gasteiger partial charge in [-0.05, 0) is 52.3 Å². The third-order valence-corrected chi connectivity index (χ3v) is 6.69. The number of carbonyl (C=O) groups is 1. The van der Waals surface area contributed by atoms with Crippen molar-refractivity contribution in [2.75, 3.05) is 26.5 Å². The number of sulfone groups is 1. The molecule has 0 bridgehead atoms. The lowest BCUT2D eigenvalue weighted by atomic mass is 10.2. The van der Waals surface area contributed by atoms with E-state index in [1.807, 2.05) is 12.1 Å². The van der Waals surface area contributed by atoms with E-state index in [9.17, 15) is 13.2 Å². The van der Waals surface area contributed by atoms with E-state index in [1.165, 1.54) is 19.2 Å². The van der Waals surface area contributed by atoms with Gasteiger partial charge in [0, 0.05) is 24.6 Å². The summed E-state index contributed by atoms with van der Waals surface area (Å²) < 4.78 is 30.0. The highest BCUT2D eigenvalue weighted by molar-refractivity contribution is 9.11. The van der Waals surface area contributed by atoms with Crippen LogP contribution < -0.4 is 0 Å². The molecule has 0 N–H and O–H groups in total. The zero-order chi connectivity index (χ0) is 17.7. The molecule has 0 fully saturated rings. The van der Waals surface area contributed by atoms with Crippen molar-refractivity contribution < 1.29 is 17.9 Å². The average Bonchev–Trinajstić information content (AvgIpc) is 2.97. The average molecular weight is 432 g/mol. The Hall–Kier alpha value is -1.22. The topological polar surface area (TPSA) is 63.7 Å². The van der Waals surface area contributed by atoms with Gasteiger partial charge in [0.2, 0.25) is 0 Å². The molecule has 0 spiro atoms. The number of thiophene rings is 1. The van der Waals surface area contributed by atoms with Crippen LogP contribution in [0.1, 0.15) is 15.2 Å². The van der Waals surface area contributed by atoms with Crippen LogP contribution in [0.3, 0.4) is 0 Å². The normalized spacial score (nSPS) is 11.5. The van der Waals surface area contributed by atoms with E-state index in [0.717, 1.165) is 8.66 Å². The number of amides is 1. The van der Waals surface area contributed by atoms with E-state index in [2.05, 4.69) is 15.9 Å². The van der Waals surface area contributed by atoms with Gasteiger partial charge in [-0.1, -0.05) is 0 Å². The predicted molar refractivity (Wildman–Crippen MR) is 98.2 cm³/mol. The first-order valence-corrected chi connectivity index (χ1v) is 10.4. The molecule has 0 radical (unpaired) electrons. The Labute approximate surface area is 154 Å². The zero-order valence-electron chi connectivity index (χ0n) is 13.4. The monoisotopic (exact) mass is 431 g/mol. The number of rotatable bonds is 7. The second-order valence-electron chi connectivity index (χ2n) is 5.20. The molecule has 0 saturated heterocycles. The lowest BCUT2D eigenvalue weighted by molar-refractivity contribution is 0.0786. The van der Waals surface area contributed by atoms with Gasteiger partial charge in [0.1, 0.15) is 0 Å². The van der Waals surface area contributed by atoms with Crippen molar-refractivity contribution in [3.63, 3.8) is 0 Å². The van der Waals surface area contributed by atoms with Crippen molar-refractivity contribution >= 4 is 43.0 Å². The van der Waals surface area contributed by atoms with E-state index >= 15 is 0 Å². The summed E-state index contributed by atoms with van der Waals surface area (Å²) in [5, 5.41) is 0. The highest BCUT2D eigenvalue weighted by Crippen LogP contribution is 2.23. The molecule has 1 aromatic carbocycles. The van der Waals surface area contributed by atoms with Crippen LogP contribution in [0, 0.1) is 0 Å². The third-order valence-electron chi connectivity index (χ3n) is 3.39. The number of hydrogen-bond donors (Lipinski definition) is 0. The zero-order valence-corrected chi connectivity index (χ0v) is 16.6. The Kier molecular flexibility index (Phi) is 6.56. The summed E-state index contributed by atoms with van der Waals surface area (Å²) in [6, 6.07) is 9.93. The van der Waals surface area contributed by atoms with Crippen LogP contribution in [0.5, 0.6) is 0 Å². The second-order valence-corrected chi connectivity index (χ2v) is 9.86. The highest BCUT2D eigenvalue weighted by Gasteiger charge is 2.17. The first kappa shape index (κ1) is 19.1. The van der Waals surface area contributed by atoms with E-state index < -0.39 is 9.84 Å². The maximum absolute atomic E-state index is 12.4. The summed E-state index contributed by atoms with van der Waals surface area (Å²) in [6.45, 7) is 0.644. The van der Waals surface area contributed by atoms with Gasteiger partial charge in [0.15, 0.2) is 9.84 Å². The minimum atomic E-state index is -3.38. The van der Waals surface area contributed by atoms with E-state index in [1.54, 1.807) is 35.4 Å². The Balaban J connectivity index is 2.08. The van der Waals surface area contributed by atoms with E-state index in [4.69, 9.17) is 4.74 Å². The summed E-state index contributed by atoms with van der Waals surface area (Å²) in [6.07, 6.45) is 0. The molecule has 24 heavy (non-hydrogen) atoms. The van der Waals surface area contributed by atoms with Gasteiger partial charge in [-0.2, -0.15) is 0 Å². The van der Waals surface area contributed by atoms with Gasteiger partial charge >= 0.3 is 0 Å².